The summed E-state index contributed by atoms with van der Waals surface area (Å²) in [7, 11) is -10.3. The molecule has 3 aromatic carbocycles. The summed E-state index contributed by atoms with van der Waals surface area (Å²) in [6.45, 7) is 15.8. The van der Waals surface area contributed by atoms with Crippen LogP contribution in [-0.2, 0) is 32.5 Å². The van der Waals surface area contributed by atoms with Gasteiger partial charge in [0.05, 0.1) is 16.7 Å². The average Bonchev–Trinajstić information content (AvgIpc) is 3.60. The highest BCUT2D eigenvalue weighted by Gasteiger charge is 2.43. The summed E-state index contributed by atoms with van der Waals surface area (Å²) < 4.78 is 219. The maximum Gasteiger partial charge on any atom is 0.523 e. The first-order valence-electron chi connectivity index (χ1n) is 14.6. The third kappa shape index (κ3) is 6.27. The van der Waals surface area contributed by atoms with Gasteiger partial charge in [-0.25, -0.2) is 52.0 Å². The molecule has 2 aliphatic rings. The number of allylic oxidation sites excluding steroid dienone is 2. The molecule has 0 aliphatic heterocycles. The highest BCUT2D eigenvalue weighted by Crippen LogP contribution is 2.49. The Morgan fingerprint density at radius 2 is 1.00 bits per heavy atom. The first-order chi connectivity index (χ1) is 25.8. The molecule has 0 N–H and O–H groups in total. The summed E-state index contributed by atoms with van der Waals surface area (Å²) in [5.74, 6) is -21.3. The van der Waals surface area contributed by atoms with Gasteiger partial charge in [0.15, 0.2) is 66.2 Å². The Balaban J connectivity index is 2.32. The van der Waals surface area contributed by atoms with Crippen LogP contribution in [0.4, 0.5) is 48.3 Å². The van der Waals surface area contributed by atoms with Gasteiger partial charge in [-0.3, -0.25) is 0 Å². The van der Waals surface area contributed by atoms with Crippen molar-refractivity contribution in [2.45, 2.75) is 35.1 Å². The van der Waals surface area contributed by atoms with Crippen molar-refractivity contribution in [3.63, 3.8) is 0 Å². The van der Waals surface area contributed by atoms with Crippen LogP contribution >= 0.6 is 11.8 Å². The van der Waals surface area contributed by atoms with E-state index in [0.29, 0.717) is 0 Å². The summed E-state index contributed by atoms with van der Waals surface area (Å²) in [5, 5.41) is 17.3. The SMILES string of the molecule is [C-]#[N+]C([N+]#[C-])=C1Cc2c(-c3c(F)c(F)c(S(C)(=O)=O)c(F)c3F)c3c(c(-c4c(F)c(F)c(S(C)(=O)=O)c(F)c4F)c2=C1C)CC(=C(C#N)C#N)C=3SC(F)(F)F. The highest BCUT2D eigenvalue weighted by atomic mass is 32.2. The quantitative estimate of drug-likeness (QED) is 0.118. The molecule has 3 aromatic rings. The van der Waals surface area contributed by atoms with E-state index in [4.69, 9.17) is 13.1 Å². The molecule has 8 nitrogen and oxygen atoms in total. The molecule has 5 rings (SSSR count). The molecule has 0 saturated heterocycles. The molecule has 0 unspecified atom stereocenters. The third-order valence-corrected chi connectivity index (χ3v) is 11.7. The minimum atomic E-state index is -5.48. The zero-order valence-electron chi connectivity index (χ0n) is 27.7. The van der Waals surface area contributed by atoms with Crippen LogP contribution in [0.2, 0.25) is 0 Å². The fourth-order valence-corrected chi connectivity index (χ4v) is 9.12. The number of nitriles is 2. The second-order valence-electron chi connectivity index (χ2n) is 11.9. The molecule has 56 heavy (non-hydrogen) atoms. The molecule has 288 valence electrons. The number of halogens is 11. The van der Waals surface area contributed by atoms with E-state index in [1.807, 2.05) is 0 Å². The van der Waals surface area contributed by atoms with Crippen molar-refractivity contribution >= 4 is 41.9 Å². The molecule has 0 atom stereocenters. The van der Waals surface area contributed by atoms with Gasteiger partial charge in [0, 0.05) is 34.6 Å². The second kappa shape index (κ2) is 13.8. The standard InChI is InChI=1S/C34H13F11N4O4S3/c1-10-12(33(48-2)49-3)6-14-16(10)17(20-22(35)26(39)31(55(4,50)51)27(40)23(20)36)15-7-13(11(8-46)9-47)30(54-34(43,44)45)19(15)18(14)21-24(37)28(41)32(56(5,52)53)29(42)25(21)38/h6-7H2,1,4-5H3. The van der Waals surface area contributed by atoms with Crippen LogP contribution < -0.4 is 10.4 Å². The van der Waals surface area contributed by atoms with Crippen LogP contribution in [0.25, 0.3) is 42.4 Å². The Hall–Kier alpha value is -5.68. The van der Waals surface area contributed by atoms with E-state index in [-0.39, 0.29) is 12.5 Å². The van der Waals surface area contributed by atoms with Crippen molar-refractivity contribution < 1.29 is 65.1 Å². The Kier molecular flexibility index (Phi) is 10.2. The monoisotopic (exact) mass is 846 g/mol. The maximum absolute atomic E-state index is 16.2. The fourth-order valence-electron chi connectivity index (χ4n) is 6.60. The second-order valence-corrected chi connectivity index (χ2v) is 16.9. The van der Waals surface area contributed by atoms with E-state index in [9.17, 15) is 40.5 Å². The normalized spacial score (nSPS) is 13.9. The van der Waals surface area contributed by atoms with Crippen molar-refractivity contribution in [3.05, 3.63) is 113 Å². The molecule has 22 heteroatoms. The van der Waals surface area contributed by atoms with Gasteiger partial charge in [0.25, 0.3) is 0 Å². The van der Waals surface area contributed by atoms with Gasteiger partial charge in [-0.1, -0.05) is 0 Å². The molecule has 0 saturated carbocycles. The predicted octanol–water partition coefficient (Wildman–Crippen LogP) is 6.98. The van der Waals surface area contributed by atoms with Crippen molar-refractivity contribution in [1.29, 1.82) is 10.5 Å². The molecule has 0 radical (unpaired) electrons. The van der Waals surface area contributed by atoms with Crippen molar-refractivity contribution in [1.82, 2.24) is 0 Å². The highest BCUT2D eigenvalue weighted by molar-refractivity contribution is 8.09. The summed E-state index contributed by atoms with van der Waals surface area (Å²) in [4.78, 5) is 0.289. The van der Waals surface area contributed by atoms with Gasteiger partial charge in [-0.05, 0) is 58.2 Å². The predicted molar refractivity (Wildman–Crippen MR) is 174 cm³/mol. The molecule has 2 aliphatic carbocycles. The van der Waals surface area contributed by atoms with E-state index in [1.54, 1.807) is 0 Å². The first-order valence-corrected chi connectivity index (χ1v) is 19.2. The zero-order valence-corrected chi connectivity index (χ0v) is 30.2. The van der Waals surface area contributed by atoms with Gasteiger partial charge in [-0.15, -0.1) is 0 Å². The number of fused-ring (bicyclic) bond motifs is 2. The van der Waals surface area contributed by atoms with Crippen LogP contribution in [0.3, 0.4) is 0 Å². The van der Waals surface area contributed by atoms with Crippen molar-refractivity contribution in [2.24, 2.45) is 0 Å². The molecule has 0 spiro atoms. The Morgan fingerprint density at radius 1 is 0.643 bits per heavy atom. The van der Waals surface area contributed by atoms with Gasteiger partial charge in [0.1, 0.15) is 40.6 Å². The molecule has 0 heterocycles. The van der Waals surface area contributed by atoms with Crippen LogP contribution in [0.15, 0.2) is 32.3 Å². The Labute approximate surface area is 312 Å². The number of nitrogens with zero attached hydrogens (tertiary/aromatic N) is 4. The fraction of sp³-hybridized carbons (Fsp3) is 0.176. The van der Waals surface area contributed by atoms with Crippen LogP contribution in [0.5, 0.6) is 0 Å². The van der Waals surface area contributed by atoms with Gasteiger partial charge >= 0.3 is 11.3 Å². The number of hydrogen-bond acceptors (Lipinski definition) is 7. The molecule has 0 bridgehead atoms. The summed E-state index contributed by atoms with van der Waals surface area (Å²) >= 11 is -1.21. The average molecular weight is 847 g/mol. The minimum absolute atomic E-state index is 0.146. The molecule has 0 fully saturated rings. The maximum atomic E-state index is 16.2. The van der Waals surface area contributed by atoms with Crippen LogP contribution in [-0.4, -0.2) is 34.9 Å². The Bertz CT molecular complexity index is 2930. The van der Waals surface area contributed by atoms with Crippen LogP contribution in [0, 0.1) is 82.3 Å². The number of benzene rings is 3. The Morgan fingerprint density at radius 3 is 1.34 bits per heavy atom. The van der Waals surface area contributed by atoms with Gasteiger partial charge in [-0.2, -0.15) is 33.4 Å². The third-order valence-electron chi connectivity index (χ3n) is 8.66. The number of thioether (sulfide) groups is 1. The lowest BCUT2D eigenvalue weighted by molar-refractivity contribution is -0.0318. The van der Waals surface area contributed by atoms with E-state index < -0.39 is 183 Å². The van der Waals surface area contributed by atoms with Crippen LogP contribution in [0.1, 0.15) is 18.1 Å². The lowest BCUT2D eigenvalue weighted by Gasteiger charge is -2.20. The summed E-state index contributed by atoms with van der Waals surface area (Å²) in [5.41, 5.74) is -16.9. The first kappa shape index (κ1) is 41.5. The lowest BCUT2D eigenvalue weighted by atomic mass is 9.86. The van der Waals surface area contributed by atoms with E-state index in [2.05, 4.69) is 9.69 Å². The van der Waals surface area contributed by atoms with E-state index in [0.717, 1.165) is 6.92 Å². The molecular weight excluding hydrogens is 834 g/mol. The van der Waals surface area contributed by atoms with Gasteiger partial charge < -0.3 is 0 Å². The molecule has 0 amide bonds. The minimum Gasteiger partial charge on any atom is -0.224 e. The number of hydrogen-bond donors (Lipinski definition) is 0. The van der Waals surface area contributed by atoms with E-state index in [1.165, 1.54) is 12.1 Å². The molecule has 0 aromatic heterocycles. The lowest BCUT2D eigenvalue weighted by Crippen LogP contribution is -2.27. The number of alkyl halides is 3. The largest absolute Gasteiger partial charge is 0.523 e. The summed E-state index contributed by atoms with van der Waals surface area (Å²) in [6, 6.07) is 2.53. The summed E-state index contributed by atoms with van der Waals surface area (Å²) in [6.07, 6.45) is -2.02. The number of rotatable bonds is 5. The molecular formula is C34H13F11N4O4S3. The number of sulfone groups is 2. The smallest absolute Gasteiger partial charge is 0.224 e. The zero-order chi connectivity index (χ0) is 42.3. The van der Waals surface area contributed by atoms with E-state index >= 15 is 35.1 Å². The topological polar surface area (TPSA) is 125 Å². The van der Waals surface area contributed by atoms with Gasteiger partial charge in [0.2, 0.25) is 0 Å². The van der Waals surface area contributed by atoms with Crippen molar-refractivity contribution in [3.8, 4) is 34.4 Å². The van der Waals surface area contributed by atoms with Crippen molar-refractivity contribution in [2.75, 3.05) is 12.5 Å².